The number of hydrogen-bond acceptors (Lipinski definition) is 3. The number of hydrogen-bond donors (Lipinski definition) is 1. The van der Waals surface area contributed by atoms with Crippen molar-refractivity contribution in [2.24, 2.45) is 10.9 Å². The van der Waals surface area contributed by atoms with E-state index in [1.54, 1.807) is 0 Å². The van der Waals surface area contributed by atoms with Crippen molar-refractivity contribution < 1.29 is 4.74 Å². The summed E-state index contributed by atoms with van der Waals surface area (Å²) < 4.78 is 5.93. The topological polar surface area (TPSA) is 40.1 Å². The van der Waals surface area contributed by atoms with Crippen LogP contribution in [0.3, 0.4) is 0 Å². The van der Waals surface area contributed by atoms with Gasteiger partial charge in [0.25, 0.3) is 0 Å². The molecule has 0 saturated carbocycles. The van der Waals surface area contributed by atoms with Gasteiger partial charge < -0.3 is 19.9 Å². The van der Waals surface area contributed by atoms with Crippen molar-refractivity contribution in [3.63, 3.8) is 0 Å². The van der Waals surface area contributed by atoms with Crippen molar-refractivity contribution in [1.29, 1.82) is 0 Å². The van der Waals surface area contributed by atoms with Crippen LogP contribution in [-0.4, -0.2) is 68.7 Å². The second kappa shape index (κ2) is 10.5. The summed E-state index contributed by atoms with van der Waals surface area (Å²) in [6, 6.07) is 10.4. The van der Waals surface area contributed by atoms with Gasteiger partial charge in [-0.3, -0.25) is 4.99 Å². The number of nitrogens with zero attached hydrogens (tertiary/aromatic N) is 3. The van der Waals surface area contributed by atoms with Crippen LogP contribution in [0.15, 0.2) is 35.3 Å². The molecule has 1 N–H and O–H groups in total. The summed E-state index contributed by atoms with van der Waals surface area (Å²) in [5, 5.41) is 3.55. The minimum atomic E-state index is 0.599. The first-order valence-electron chi connectivity index (χ1n) is 10.1. The highest BCUT2D eigenvalue weighted by molar-refractivity contribution is 5.80. The van der Waals surface area contributed by atoms with Gasteiger partial charge >= 0.3 is 0 Å². The largest absolute Gasteiger partial charge is 0.376 e. The van der Waals surface area contributed by atoms with Gasteiger partial charge in [-0.2, -0.15) is 0 Å². The molecule has 144 valence electrons. The first kappa shape index (κ1) is 19.2. The lowest BCUT2D eigenvalue weighted by molar-refractivity contribution is 0.0907. The Morgan fingerprint density at radius 2 is 2.00 bits per heavy atom. The molecule has 5 nitrogen and oxygen atoms in total. The third-order valence-corrected chi connectivity index (χ3v) is 5.40. The molecule has 26 heavy (non-hydrogen) atoms. The van der Waals surface area contributed by atoms with Crippen LogP contribution in [0.1, 0.15) is 31.2 Å². The molecular formula is C21H34N4O. The lowest BCUT2D eigenvalue weighted by Gasteiger charge is -2.22. The van der Waals surface area contributed by atoms with Crippen LogP contribution in [0.25, 0.3) is 0 Å². The van der Waals surface area contributed by atoms with Crippen LogP contribution >= 0.6 is 0 Å². The molecule has 1 aromatic rings. The van der Waals surface area contributed by atoms with Crippen LogP contribution in [0.4, 0.5) is 0 Å². The van der Waals surface area contributed by atoms with Gasteiger partial charge in [0.15, 0.2) is 5.96 Å². The smallest absolute Gasteiger partial charge is 0.193 e. The van der Waals surface area contributed by atoms with E-state index < -0.39 is 0 Å². The van der Waals surface area contributed by atoms with E-state index in [1.165, 1.54) is 50.9 Å². The Morgan fingerprint density at radius 1 is 1.19 bits per heavy atom. The fourth-order valence-corrected chi connectivity index (χ4v) is 3.92. The van der Waals surface area contributed by atoms with Crippen molar-refractivity contribution >= 4 is 5.96 Å². The first-order chi connectivity index (χ1) is 12.8. The number of guanidine groups is 1. The molecule has 2 fully saturated rings. The Hall–Kier alpha value is -1.59. The lowest BCUT2D eigenvalue weighted by atomic mass is 10.1. The van der Waals surface area contributed by atoms with Gasteiger partial charge in [-0.1, -0.05) is 30.3 Å². The minimum Gasteiger partial charge on any atom is -0.376 e. The van der Waals surface area contributed by atoms with E-state index in [2.05, 4.69) is 44.4 Å². The number of aliphatic imine (C=N–C) groups is 1. The summed E-state index contributed by atoms with van der Waals surface area (Å²) in [5.74, 6) is 1.65. The van der Waals surface area contributed by atoms with Crippen molar-refractivity contribution in [2.45, 2.75) is 32.3 Å². The number of benzene rings is 1. The van der Waals surface area contributed by atoms with Crippen LogP contribution in [0.5, 0.6) is 0 Å². The molecule has 2 aliphatic heterocycles. The maximum absolute atomic E-state index is 5.93. The normalized spacial score (nSPS) is 21.5. The van der Waals surface area contributed by atoms with E-state index in [0.29, 0.717) is 12.5 Å². The molecule has 5 heteroatoms. The zero-order valence-electron chi connectivity index (χ0n) is 16.2. The summed E-state index contributed by atoms with van der Waals surface area (Å²) in [6.45, 7) is 8.44. The van der Waals surface area contributed by atoms with E-state index in [1.807, 2.05) is 13.1 Å². The molecule has 0 bridgehead atoms. The molecule has 2 saturated heterocycles. The lowest BCUT2D eigenvalue weighted by Crippen LogP contribution is -2.41. The molecule has 1 aromatic carbocycles. The Bertz CT molecular complexity index is 542. The molecule has 0 aromatic heterocycles. The molecule has 2 aliphatic rings. The number of ether oxygens (including phenoxy) is 1. The zero-order chi connectivity index (χ0) is 18.0. The Balaban J connectivity index is 1.31. The molecule has 0 amide bonds. The maximum atomic E-state index is 5.93. The van der Waals surface area contributed by atoms with Crippen LogP contribution < -0.4 is 5.32 Å². The third-order valence-electron chi connectivity index (χ3n) is 5.40. The highest BCUT2D eigenvalue weighted by Gasteiger charge is 2.24. The molecule has 1 atom stereocenters. The molecule has 3 rings (SSSR count). The maximum Gasteiger partial charge on any atom is 0.193 e. The predicted octanol–water partition coefficient (Wildman–Crippen LogP) is 2.59. The van der Waals surface area contributed by atoms with E-state index in [4.69, 9.17) is 4.74 Å². The van der Waals surface area contributed by atoms with Gasteiger partial charge in [-0.05, 0) is 50.9 Å². The first-order valence-corrected chi connectivity index (χ1v) is 10.1. The highest BCUT2D eigenvalue weighted by Crippen LogP contribution is 2.17. The average Bonchev–Trinajstić information content (AvgIpc) is 3.35. The van der Waals surface area contributed by atoms with Crippen molar-refractivity contribution in [3.05, 3.63) is 35.9 Å². The second-order valence-corrected chi connectivity index (χ2v) is 7.48. The molecule has 0 spiro atoms. The fourth-order valence-electron chi connectivity index (χ4n) is 3.92. The highest BCUT2D eigenvalue weighted by atomic mass is 16.5. The van der Waals surface area contributed by atoms with E-state index in [-0.39, 0.29) is 0 Å². The van der Waals surface area contributed by atoms with Crippen molar-refractivity contribution in [1.82, 2.24) is 15.1 Å². The monoisotopic (exact) mass is 358 g/mol. The standard InChI is InChI=1S/C21H34N4O/c1-22-21(23-11-7-14-24-12-5-6-13-24)25-15-10-20(16-25)18-26-17-19-8-3-2-4-9-19/h2-4,8-9,20H,5-7,10-18H2,1H3,(H,22,23). The second-order valence-electron chi connectivity index (χ2n) is 7.48. The Kier molecular flexibility index (Phi) is 7.77. The van der Waals surface area contributed by atoms with E-state index >= 15 is 0 Å². The SMILES string of the molecule is CN=C(NCCCN1CCCC1)N1CCC(COCc2ccccc2)C1. The van der Waals surface area contributed by atoms with Gasteiger partial charge in [0.05, 0.1) is 13.2 Å². The Labute approximate surface area is 158 Å². The quantitative estimate of drug-likeness (QED) is 0.440. The van der Waals surface area contributed by atoms with Crippen molar-refractivity contribution in [2.75, 3.05) is 52.9 Å². The van der Waals surface area contributed by atoms with E-state index in [9.17, 15) is 0 Å². The molecule has 0 aliphatic carbocycles. The number of likely N-dealkylation sites (tertiary alicyclic amines) is 2. The summed E-state index contributed by atoms with van der Waals surface area (Å²) in [6.07, 6.45) is 5.12. The molecule has 2 heterocycles. The Morgan fingerprint density at radius 3 is 2.77 bits per heavy atom. The number of nitrogens with one attached hydrogen (secondary N) is 1. The van der Waals surface area contributed by atoms with Crippen LogP contribution in [0, 0.1) is 5.92 Å². The van der Waals surface area contributed by atoms with E-state index in [0.717, 1.165) is 32.2 Å². The van der Waals surface area contributed by atoms with Gasteiger partial charge in [-0.15, -0.1) is 0 Å². The third kappa shape index (κ3) is 5.99. The number of rotatable bonds is 8. The van der Waals surface area contributed by atoms with Gasteiger partial charge in [0.1, 0.15) is 0 Å². The minimum absolute atomic E-state index is 0.599. The summed E-state index contributed by atoms with van der Waals surface area (Å²) in [7, 11) is 1.89. The molecular weight excluding hydrogens is 324 g/mol. The van der Waals surface area contributed by atoms with Crippen LogP contribution in [-0.2, 0) is 11.3 Å². The zero-order valence-corrected chi connectivity index (χ0v) is 16.2. The van der Waals surface area contributed by atoms with Gasteiger partial charge in [0, 0.05) is 32.6 Å². The van der Waals surface area contributed by atoms with Gasteiger partial charge in [-0.25, -0.2) is 0 Å². The predicted molar refractivity (Wildman–Crippen MR) is 107 cm³/mol. The van der Waals surface area contributed by atoms with Crippen LogP contribution in [0.2, 0.25) is 0 Å². The summed E-state index contributed by atoms with van der Waals surface area (Å²) in [4.78, 5) is 9.43. The van der Waals surface area contributed by atoms with Gasteiger partial charge in [0.2, 0.25) is 0 Å². The van der Waals surface area contributed by atoms with Crippen molar-refractivity contribution in [3.8, 4) is 0 Å². The summed E-state index contributed by atoms with van der Waals surface area (Å²) >= 11 is 0. The summed E-state index contributed by atoms with van der Waals surface area (Å²) in [5.41, 5.74) is 1.25. The molecule has 0 radical (unpaired) electrons. The average molecular weight is 359 g/mol. The molecule has 1 unspecified atom stereocenters. The fraction of sp³-hybridized carbons (Fsp3) is 0.667.